The van der Waals surface area contributed by atoms with Gasteiger partial charge in [0.2, 0.25) is 24.4 Å². The predicted molar refractivity (Wildman–Crippen MR) is 361 cm³/mol. The van der Waals surface area contributed by atoms with E-state index in [0.717, 1.165) is 77.4 Å². The number of rotatable bonds is 20. The fourth-order valence-electron chi connectivity index (χ4n) is 9.72. The summed E-state index contributed by atoms with van der Waals surface area (Å²) in [4.78, 5) is 35.1. The lowest BCUT2D eigenvalue weighted by atomic mass is 10.1. The molecule has 1 unspecified atom stereocenters. The molecule has 26 heteroatoms. The molecule has 3 aromatic carbocycles. The highest BCUT2D eigenvalue weighted by atomic mass is 79.9. The fraction of sp³-hybridized carbons (Fsp3) is 0.186. The van der Waals surface area contributed by atoms with Crippen molar-refractivity contribution in [2.24, 2.45) is 0 Å². The fourth-order valence-corrected chi connectivity index (χ4v) is 14.7. The second-order valence-corrected chi connectivity index (χ2v) is 28.4. The van der Waals surface area contributed by atoms with Gasteiger partial charge in [-0.1, -0.05) is 34.1 Å². The zero-order valence-electron chi connectivity index (χ0n) is 53.1. The van der Waals surface area contributed by atoms with Crippen molar-refractivity contribution >= 4 is 71.2 Å². The maximum atomic E-state index is 12.6. The van der Waals surface area contributed by atoms with Crippen LogP contribution >= 0.6 is 38.5 Å². The Hall–Kier alpha value is -6.60. The zero-order valence-corrected chi connectivity index (χ0v) is 62.0. The Balaban J connectivity index is 0.000000284. The standard InChI is InChI=1S/C25H28N3O3P.C21H18N3O3P.C19H14N3.C5H12BrO2P.BrH.4ClH/c1-3-30-32(29,31-4-2)19-18-27-14-9-21(10-15-27)22-11-16-28(17-12-22)24-7-8-25-23(20-24)6-5-13-26-25;25-28(26,27)15-14-23-10-5-17(6-11-23)18-7-12-24(13-8-18)20-3-4-21-19(16-20)2-1-9-22-21;1-2-17-14-18(3-4-19(17)21-9-1)22-12-7-16(8-13-22)15-5-10-20-11-6-15;1-3-8-9(2,7)5-4-6;;;;;/h5-17,20H,3-4,18-19H2,1-2H3;1-13,16H,14-15H2;1-14H;3-5H2,1-2H3;5*1H/q+2;;+1;;;;;;/p-3. The number of halogens is 6. The lowest BCUT2D eigenvalue weighted by molar-refractivity contribution is -0.692. The highest BCUT2D eigenvalue weighted by Crippen LogP contribution is 2.47. The molecular formula is C70H74Br2Cl4N9O8P3. The molecule has 0 aliphatic heterocycles. The van der Waals surface area contributed by atoms with Crippen LogP contribution in [0.25, 0.3) is 83.2 Å². The van der Waals surface area contributed by atoms with Crippen LogP contribution in [0, 0.1) is 0 Å². The van der Waals surface area contributed by atoms with E-state index in [1.807, 2.05) is 166 Å². The van der Waals surface area contributed by atoms with Crippen molar-refractivity contribution in [1.82, 2.24) is 19.9 Å². The Kier molecular flexibility index (Phi) is 34.4. The third-order valence-electron chi connectivity index (χ3n) is 14.4. The molecule has 12 aromatic rings. The first kappa shape index (κ1) is 81.8. The maximum absolute atomic E-state index is 12.6. The number of hydrogen-bond acceptors (Lipinski definition) is 10. The minimum absolute atomic E-state index is 0. The number of benzene rings is 3. The number of alkyl halides is 1. The van der Waals surface area contributed by atoms with Gasteiger partial charge in [-0.2, -0.15) is 13.7 Å². The Labute approximate surface area is 604 Å². The Morgan fingerprint density at radius 3 is 1.03 bits per heavy atom. The number of hydrogen-bond donors (Lipinski definition) is 2. The van der Waals surface area contributed by atoms with Crippen molar-refractivity contribution < 1.29 is 126 Å². The third-order valence-corrected chi connectivity index (χ3v) is 20.1. The largest absolute Gasteiger partial charge is 1.00 e. The lowest BCUT2D eigenvalue weighted by Gasteiger charge is -2.15. The van der Waals surface area contributed by atoms with E-state index in [2.05, 4.69) is 159 Å². The number of fused-ring (bicyclic) bond motifs is 3. The van der Waals surface area contributed by atoms with Gasteiger partial charge in [-0.25, -0.2) is 9.13 Å². The lowest BCUT2D eigenvalue weighted by Crippen LogP contribution is -3.00. The average molecular weight is 1560 g/mol. The van der Waals surface area contributed by atoms with Crippen LogP contribution in [0.4, 0.5) is 0 Å². The molecule has 0 spiro atoms. The van der Waals surface area contributed by atoms with Crippen molar-refractivity contribution in [2.75, 3.05) is 50.3 Å². The summed E-state index contributed by atoms with van der Waals surface area (Å²) in [5.41, 5.74) is 13.0. The quantitative estimate of drug-likeness (QED) is 0.0501. The van der Waals surface area contributed by atoms with E-state index in [-0.39, 0.29) is 79.3 Å². The predicted octanol–water partition coefficient (Wildman–Crippen LogP) is -1.71. The van der Waals surface area contributed by atoms with Crippen LogP contribution in [-0.4, -0.2) is 80.0 Å². The molecule has 1 atom stereocenters. The molecule has 0 bridgehead atoms. The first-order chi connectivity index (χ1) is 44.1. The second kappa shape index (κ2) is 40.3. The number of aryl methyl sites for hydroxylation is 2. The van der Waals surface area contributed by atoms with Crippen molar-refractivity contribution in [3.05, 3.63) is 257 Å². The molecule has 0 saturated carbocycles. The highest BCUT2D eigenvalue weighted by Gasteiger charge is 2.26. The van der Waals surface area contributed by atoms with Gasteiger partial charge in [-0.3, -0.25) is 33.6 Å². The SMILES string of the molecule is CCOP(=O)(CC[n+]1ccc(-c2cc[n+](-c3ccc4ncccc4c3)cc2)cc1)OCC.CCOP(C)(=O)CCBr.O=P(O)(O)CC[n+]1ccc(-c2cc[n+](-c3ccc4ncccc4c3)cc2)cc1.[Br-].[Cl-].[Cl-].[Cl-].[Cl-].c1cnc2ccc(-[n+]3ccc(-c4ccncc4)cc3)cc2c1. The molecule has 12 rings (SSSR count). The van der Waals surface area contributed by atoms with Gasteiger partial charge in [0.25, 0.3) is 0 Å². The average Bonchev–Trinajstić information content (AvgIpc) is 0.845. The summed E-state index contributed by atoms with van der Waals surface area (Å²) >= 11 is 3.20. The molecule has 2 N–H and O–H groups in total. The van der Waals surface area contributed by atoms with E-state index in [9.17, 15) is 13.7 Å². The van der Waals surface area contributed by atoms with E-state index < -0.39 is 22.6 Å². The van der Waals surface area contributed by atoms with E-state index >= 15 is 0 Å². The van der Waals surface area contributed by atoms with Crippen LogP contribution in [-0.2, 0) is 40.4 Å². The molecule has 0 amide bonds. The molecule has 0 radical (unpaired) electrons. The van der Waals surface area contributed by atoms with Crippen LogP contribution in [0.5, 0.6) is 0 Å². The van der Waals surface area contributed by atoms with E-state index in [1.165, 1.54) is 11.1 Å². The molecule has 0 aliphatic carbocycles. The topological polar surface area (TPSA) is 190 Å². The Bertz CT molecular complexity index is 4450. The summed E-state index contributed by atoms with van der Waals surface area (Å²) < 4.78 is 60.6. The smallest absolute Gasteiger partial charge is 0.337 e. The minimum Gasteiger partial charge on any atom is -1.00 e. The van der Waals surface area contributed by atoms with Crippen molar-refractivity contribution in [1.29, 1.82) is 0 Å². The summed E-state index contributed by atoms with van der Waals surface area (Å²) in [5.74, 6) is 0. The van der Waals surface area contributed by atoms with E-state index in [0.29, 0.717) is 38.7 Å². The van der Waals surface area contributed by atoms with E-state index in [1.54, 1.807) is 17.4 Å². The zero-order chi connectivity index (χ0) is 64.1. The number of aromatic nitrogens is 9. The van der Waals surface area contributed by atoms with Gasteiger partial charge in [-0.05, 0) is 103 Å². The monoisotopic (exact) mass is 1560 g/mol. The molecule has 0 aliphatic rings. The number of nitrogens with zero attached hydrogens (tertiary/aromatic N) is 9. The van der Waals surface area contributed by atoms with Gasteiger partial charge in [-0.15, -0.1) is 0 Å². The van der Waals surface area contributed by atoms with Gasteiger partial charge in [0.1, 0.15) is 12.3 Å². The van der Waals surface area contributed by atoms with Crippen LogP contribution in [0.2, 0.25) is 0 Å². The molecule has 504 valence electrons. The van der Waals surface area contributed by atoms with Gasteiger partial charge in [0.05, 0.1) is 36.4 Å². The van der Waals surface area contributed by atoms with Crippen LogP contribution in [0.3, 0.4) is 0 Å². The molecule has 0 saturated heterocycles. The normalized spacial score (nSPS) is 11.4. The first-order valence-corrected chi connectivity index (χ1v) is 36.7. The van der Waals surface area contributed by atoms with Crippen molar-refractivity contribution in [3.63, 3.8) is 0 Å². The second-order valence-electron chi connectivity index (χ2n) is 20.9. The van der Waals surface area contributed by atoms with Gasteiger partial charge < -0.3 is 90.0 Å². The molecule has 17 nitrogen and oxygen atoms in total. The number of pyridine rings is 9. The first-order valence-electron chi connectivity index (χ1n) is 29.8. The van der Waals surface area contributed by atoms with Crippen molar-refractivity contribution in [3.8, 4) is 50.4 Å². The summed E-state index contributed by atoms with van der Waals surface area (Å²) in [6.45, 7) is 9.33. The summed E-state index contributed by atoms with van der Waals surface area (Å²) in [5, 5.41) is 4.11. The van der Waals surface area contributed by atoms with Crippen molar-refractivity contribution in [2.45, 2.75) is 33.9 Å². The summed E-state index contributed by atoms with van der Waals surface area (Å²) in [7, 11) is -9.25. The van der Waals surface area contributed by atoms with Gasteiger partial charge in [0, 0.05) is 162 Å². The summed E-state index contributed by atoms with van der Waals surface area (Å²) in [6.07, 6.45) is 29.8. The molecule has 0 fully saturated rings. The van der Waals surface area contributed by atoms with Crippen LogP contribution in [0.1, 0.15) is 20.8 Å². The van der Waals surface area contributed by atoms with E-state index in [4.69, 9.17) is 23.4 Å². The molecular weight excluding hydrogens is 1490 g/mol. The van der Waals surface area contributed by atoms with Gasteiger partial charge >= 0.3 is 15.2 Å². The Morgan fingerprint density at radius 1 is 0.406 bits per heavy atom. The van der Waals surface area contributed by atoms with Crippen LogP contribution < -0.4 is 89.4 Å². The molecule has 9 aromatic heterocycles. The Morgan fingerprint density at radius 2 is 0.719 bits per heavy atom. The highest BCUT2D eigenvalue weighted by molar-refractivity contribution is 9.09. The summed E-state index contributed by atoms with van der Waals surface area (Å²) in [6, 6.07) is 55.3. The van der Waals surface area contributed by atoms with Crippen LogP contribution in [0.15, 0.2) is 257 Å². The molecule has 9 heterocycles. The molecule has 96 heavy (non-hydrogen) atoms. The minimum atomic E-state index is -3.98. The van der Waals surface area contributed by atoms with Gasteiger partial charge in [0.15, 0.2) is 75.1 Å². The maximum Gasteiger partial charge on any atom is 0.337 e. The third kappa shape index (κ3) is 24.4.